The minimum absolute atomic E-state index is 0.0819. The van der Waals surface area contributed by atoms with Crippen molar-refractivity contribution in [1.29, 1.82) is 0 Å². The number of hydrogen-bond donors (Lipinski definition) is 0. The predicted molar refractivity (Wildman–Crippen MR) is 81.0 cm³/mol. The molecule has 2 aromatic carbocycles. The van der Waals surface area contributed by atoms with Gasteiger partial charge in [-0.15, -0.1) is 0 Å². The van der Waals surface area contributed by atoms with Crippen molar-refractivity contribution in [3.63, 3.8) is 0 Å². The lowest BCUT2D eigenvalue weighted by Gasteiger charge is -2.07. The molecule has 98 valence electrons. The molecule has 0 amide bonds. The van der Waals surface area contributed by atoms with Crippen molar-refractivity contribution < 1.29 is 4.79 Å². The van der Waals surface area contributed by atoms with Gasteiger partial charge in [0.2, 0.25) is 0 Å². The number of halogens is 4. The highest BCUT2D eigenvalue weighted by atomic mass is 35.5. The van der Waals surface area contributed by atoms with E-state index in [9.17, 15) is 4.79 Å². The lowest BCUT2D eigenvalue weighted by atomic mass is 10.0. The van der Waals surface area contributed by atoms with Crippen LogP contribution in [-0.4, -0.2) is 5.78 Å². The fourth-order valence-corrected chi connectivity index (χ4v) is 2.59. The first kappa shape index (κ1) is 14.7. The zero-order valence-corrected chi connectivity index (χ0v) is 12.6. The van der Waals surface area contributed by atoms with Crippen molar-refractivity contribution in [3.05, 3.63) is 67.6 Å². The summed E-state index contributed by atoms with van der Waals surface area (Å²) in [4.78, 5) is 12.2. The van der Waals surface area contributed by atoms with E-state index in [1.165, 1.54) is 6.07 Å². The number of carbonyl (C=O) groups is 1. The van der Waals surface area contributed by atoms with E-state index in [4.69, 9.17) is 46.4 Å². The Hall–Kier alpha value is -0.730. The predicted octanol–water partition coefficient (Wildman–Crippen LogP) is 5.73. The smallest absolute Gasteiger partial charge is 0.168 e. The van der Waals surface area contributed by atoms with Gasteiger partial charge < -0.3 is 0 Å². The maximum absolute atomic E-state index is 12.2. The third kappa shape index (κ3) is 3.43. The normalized spacial score (nSPS) is 10.5. The van der Waals surface area contributed by atoms with Gasteiger partial charge in [-0.25, -0.2) is 0 Å². The molecule has 0 fully saturated rings. The number of ketones is 1. The molecule has 2 aromatic rings. The third-order valence-electron chi connectivity index (χ3n) is 2.63. The molecule has 19 heavy (non-hydrogen) atoms. The Morgan fingerprint density at radius 2 is 1.53 bits per heavy atom. The molecule has 0 atom stereocenters. The molecule has 1 nitrogen and oxygen atoms in total. The Labute approximate surface area is 131 Å². The van der Waals surface area contributed by atoms with E-state index in [0.29, 0.717) is 31.2 Å². The monoisotopic (exact) mass is 332 g/mol. The average Bonchev–Trinajstić information content (AvgIpc) is 2.37. The minimum atomic E-state index is -0.178. The van der Waals surface area contributed by atoms with Crippen LogP contribution in [-0.2, 0) is 6.42 Å². The van der Waals surface area contributed by atoms with Gasteiger partial charge in [-0.3, -0.25) is 4.79 Å². The Kier molecular flexibility index (Phi) is 4.75. The molecule has 0 radical (unpaired) electrons. The fraction of sp³-hybridized carbons (Fsp3) is 0.0714. The molecule has 0 saturated carbocycles. The van der Waals surface area contributed by atoms with Gasteiger partial charge in [-0.1, -0.05) is 52.5 Å². The second kappa shape index (κ2) is 6.15. The largest absolute Gasteiger partial charge is 0.294 e. The van der Waals surface area contributed by atoms with Gasteiger partial charge in [0.25, 0.3) is 0 Å². The molecule has 5 heteroatoms. The molecule has 0 saturated heterocycles. The average molecular weight is 334 g/mol. The molecule has 0 aliphatic carbocycles. The maximum atomic E-state index is 12.2. The van der Waals surface area contributed by atoms with Gasteiger partial charge in [-0.2, -0.15) is 0 Å². The summed E-state index contributed by atoms with van der Waals surface area (Å²) in [5, 5.41) is 1.73. The van der Waals surface area contributed by atoms with Crippen LogP contribution in [0.3, 0.4) is 0 Å². The summed E-state index contributed by atoms with van der Waals surface area (Å²) in [7, 11) is 0. The zero-order valence-electron chi connectivity index (χ0n) is 9.59. The van der Waals surface area contributed by atoms with E-state index < -0.39 is 0 Å². The summed E-state index contributed by atoms with van der Waals surface area (Å²) in [6, 6.07) is 9.86. The van der Waals surface area contributed by atoms with E-state index in [1.807, 2.05) is 0 Å². The Morgan fingerprint density at radius 3 is 2.16 bits per heavy atom. The van der Waals surface area contributed by atoms with E-state index >= 15 is 0 Å². The highest BCUT2D eigenvalue weighted by Crippen LogP contribution is 2.28. The Balaban J connectivity index is 2.34. The molecule has 0 spiro atoms. The van der Waals surface area contributed by atoms with Crippen molar-refractivity contribution in [1.82, 2.24) is 0 Å². The summed E-state index contributed by atoms with van der Waals surface area (Å²) in [5.41, 5.74) is 0.956. The molecule has 0 N–H and O–H groups in total. The molecule has 0 bridgehead atoms. The zero-order chi connectivity index (χ0) is 14.0. The molecular formula is C14H8Cl4O. The van der Waals surface area contributed by atoms with Crippen LogP contribution in [0, 0.1) is 0 Å². The number of Topliss-reactive ketones (excluding diaryl/α,β-unsaturated/α-hetero) is 1. The first-order chi connectivity index (χ1) is 8.99. The minimum Gasteiger partial charge on any atom is -0.294 e. The lowest BCUT2D eigenvalue weighted by molar-refractivity contribution is 0.0993. The first-order valence-corrected chi connectivity index (χ1v) is 6.91. The quantitative estimate of drug-likeness (QED) is 0.656. The SMILES string of the molecule is O=C(Cc1c(Cl)cccc1Cl)c1cc(Cl)ccc1Cl. The second-order valence-corrected chi connectivity index (χ2v) is 5.58. The van der Waals surface area contributed by atoms with Crippen molar-refractivity contribution in [2.75, 3.05) is 0 Å². The van der Waals surface area contributed by atoms with E-state index in [1.54, 1.807) is 30.3 Å². The topological polar surface area (TPSA) is 17.1 Å². The van der Waals surface area contributed by atoms with E-state index in [0.717, 1.165) is 0 Å². The Morgan fingerprint density at radius 1 is 0.895 bits per heavy atom. The molecule has 0 unspecified atom stereocenters. The molecule has 0 aliphatic rings. The summed E-state index contributed by atoms with van der Waals surface area (Å²) in [5.74, 6) is -0.178. The van der Waals surface area contributed by atoms with Crippen LogP contribution in [0.4, 0.5) is 0 Å². The van der Waals surface area contributed by atoms with Crippen LogP contribution in [0.1, 0.15) is 15.9 Å². The summed E-state index contributed by atoms with van der Waals surface area (Å²) in [6.45, 7) is 0. The van der Waals surface area contributed by atoms with Crippen LogP contribution in [0.5, 0.6) is 0 Å². The second-order valence-electron chi connectivity index (χ2n) is 3.92. The Bertz CT molecular complexity index is 617. The fourth-order valence-electron chi connectivity index (χ4n) is 1.67. The maximum Gasteiger partial charge on any atom is 0.168 e. The van der Waals surface area contributed by atoms with Crippen LogP contribution in [0.25, 0.3) is 0 Å². The van der Waals surface area contributed by atoms with E-state index in [-0.39, 0.29) is 12.2 Å². The van der Waals surface area contributed by atoms with Crippen LogP contribution < -0.4 is 0 Å². The molecule has 0 aromatic heterocycles. The number of hydrogen-bond acceptors (Lipinski definition) is 1. The van der Waals surface area contributed by atoms with Gasteiger partial charge in [0.05, 0.1) is 5.02 Å². The molecule has 0 heterocycles. The highest BCUT2D eigenvalue weighted by molar-refractivity contribution is 6.37. The summed E-state index contributed by atoms with van der Waals surface area (Å²) >= 11 is 23.9. The number of rotatable bonds is 3. The summed E-state index contributed by atoms with van der Waals surface area (Å²) < 4.78 is 0. The van der Waals surface area contributed by atoms with Gasteiger partial charge in [-0.05, 0) is 35.9 Å². The summed E-state index contributed by atoms with van der Waals surface area (Å²) in [6.07, 6.45) is 0.0819. The van der Waals surface area contributed by atoms with Crippen molar-refractivity contribution >= 4 is 52.2 Å². The van der Waals surface area contributed by atoms with Gasteiger partial charge in [0.1, 0.15) is 0 Å². The standard InChI is InChI=1S/C14H8Cl4O/c15-8-4-5-13(18)10(6-8)14(19)7-9-11(16)2-1-3-12(9)17/h1-6H,7H2. The van der Waals surface area contributed by atoms with Gasteiger partial charge in [0.15, 0.2) is 5.78 Å². The van der Waals surface area contributed by atoms with Gasteiger partial charge in [0, 0.05) is 27.1 Å². The number of benzene rings is 2. The first-order valence-electron chi connectivity index (χ1n) is 5.40. The van der Waals surface area contributed by atoms with Gasteiger partial charge >= 0.3 is 0 Å². The van der Waals surface area contributed by atoms with Crippen LogP contribution >= 0.6 is 46.4 Å². The van der Waals surface area contributed by atoms with Crippen molar-refractivity contribution in [2.45, 2.75) is 6.42 Å². The van der Waals surface area contributed by atoms with Crippen LogP contribution in [0.15, 0.2) is 36.4 Å². The van der Waals surface area contributed by atoms with Crippen LogP contribution in [0.2, 0.25) is 20.1 Å². The lowest BCUT2D eigenvalue weighted by Crippen LogP contribution is -2.05. The third-order valence-corrected chi connectivity index (χ3v) is 3.90. The van der Waals surface area contributed by atoms with Crippen molar-refractivity contribution in [3.8, 4) is 0 Å². The molecule has 2 rings (SSSR count). The highest BCUT2D eigenvalue weighted by Gasteiger charge is 2.15. The van der Waals surface area contributed by atoms with E-state index in [2.05, 4.69) is 0 Å². The molecule has 0 aliphatic heterocycles. The van der Waals surface area contributed by atoms with Crippen molar-refractivity contribution in [2.24, 2.45) is 0 Å². The number of carbonyl (C=O) groups excluding carboxylic acids is 1. The molecular weight excluding hydrogens is 326 g/mol.